The number of aliphatic carboxylic acids is 1. The number of nitrogens with two attached hydrogens (primary N) is 2. The normalized spacial score (nSPS) is 17.3. The molecule has 198 valence electrons. The van der Waals surface area contributed by atoms with E-state index in [0.29, 0.717) is 24.9 Å². The van der Waals surface area contributed by atoms with Gasteiger partial charge in [-0.15, -0.1) is 0 Å². The number of rotatable bonds is 14. The van der Waals surface area contributed by atoms with Crippen molar-refractivity contribution in [2.75, 3.05) is 19.7 Å². The summed E-state index contributed by atoms with van der Waals surface area (Å²) >= 11 is 0. The first-order valence-electron chi connectivity index (χ1n) is 11.8. The van der Waals surface area contributed by atoms with Crippen molar-refractivity contribution in [2.45, 2.75) is 56.3 Å². The Morgan fingerprint density at radius 3 is 2.28 bits per heavy atom. The van der Waals surface area contributed by atoms with Gasteiger partial charge in [0.05, 0.1) is 12.6 Å². The van der Waals surface area contributed by atoms with Crippen LogP contribution in [0.5, 0.6) is 0 Å². The minimum absolute atomic E-state index is 0.0420. The SMILES string of the molecule is NC(N)=NCCCC(NC(=O)C(CO)NC(=O)C1CCCN1)C(=O)NC(Cc1ccccc1)C(=O)O. The van der Waals surface area contributed by atoms with Gasteiger partial charge in [0, 0.05) is 13.0 Å². The molecule has 13 nitrogen and oxygen atoms in total. The van der Waals surface area contributed by atoms with E-state index in [1.165, 1.54) is 0 Å². The van der Waals surface area contributed by atoms with E-state index in [0.717, 1.165) is 6.42 Å². The van der Waals surface area contributed by atoms with E-state index in [9.17, 15) is 29.4 Å². The molecular formula is C23H35N7O6. The molecule has 4 atom stereocenters. The lowest BCUT2D eigenvalue weighted by molar-refractivity contribution is -0.142. The highest BCUT2D eigenvalue weighted by molar-refractivity contribution is 5.94. The largest absolute Gasteiger partial charge is 0.480 e. The summed E-state index contributed by atoms with van der Waals surface area (Å²) in [6, 6.07) is 4.65. The average molecular weight is 506 g/mol. The molecule has 1 aliphatic heterocycles. The second-order valence-corrected chi connectivity index (χ2v) is 8.49. The third-order valence-electron chi connectivity index (χ3n) is 5.67. The number of hydrogen-bond donors (Lipinski definition) is 8. The van der Waals surface area contributed by atoms with Gasteiger partial charge in [0.15, 0.2) is 5.96 Å². The Morgan fingerprint density at radius 1 is 1.03 bits per heavy atom. The quantitative estimate of drug-likeness (QED) is 0.0763. The average Bonchev–Trinajstić information content (AvgIpc) is 3.39. The van der Waals surface area contributed by atoms with E-state index in [1.807, 2.05) is 0 Å². The fraction of sp³-hybridized carbons (Fsp3) is 0.522. The molecule has 0 bridgehead atoms. The molecule has 1 saturated heterocycles. The number of carboxylic acid groups (broad SMARTS) is 1. The van der Waals surface area contributed by atoms with Crippen LogP contribution in [-0.4, -0.2) is 83.7 Å². The smallest absolute Gasteiger partial charge is 0.326 e. The lowest BCUT2D eigenvalue weighted by atomic mass is 10.0. The highest BCUT2D eigenvalue weighted by Crippen LogP contribution is 2.07. The predicted molar refractivity (Wildman–Crippen MR) is 132 cm³/mol. The summed E-state index contributed by atoms with van der Waals surface area (Å²) in [5.41, 5.74) is 11.3. The van der Waals surface area contributed by atoms with E-state index in [4.69, 9.17) is 11.5 Å². The summed E-state index contributed by atoms with van der Waals surface area (Å²) in [5.74, 6) is -3.29. The number of carbonyl (C=O) groups is 4. The third-order valence-corrected chi connectivity index (χ3v) is 5.67. The number of amides is 3. The Balaban J connectivity index is 2.08. The Hall–Kier alpha value is -3.71. The summed E-state index contributed by atoms with van der Waals surface area (Å²) in [6.45, 7) is 0.181. The zero-order chi connectivity index (χ0) is 26.5. The lowest BCUT2D eigenvalue weighted by Gasteiger charge is -2.24. The van der Waals surface area contributed by atoms with Crippen LogP contribution in [-0.2, 0) is 25.6 Å². The number of hydrogen-bond acceptors (Lipinski definition) is 7. The number of nitrogens with one attached hydrogen (secondary N) is 4. The van der Waals surface area contributed by atoms with Crippen molar-refractivity contribution in [3.8, 4) is 0 Å². The second kappa shape index (κ2) is 14.6. The van der Waals surface area contributed by atoms with Crippen LogP contribution in [0.4, 0.5) is 0 Å². The Morgan fingerprint density at radius 2 is 1.69 bits per heavy atom. The zero-order valence-corrected chi connectivity index (χ0v) is 20.0. The Bertz CT molecular complexity index is 917. The van der Waals surface area contributed by atoms with Gasteiger partial charge in [-0.05, 0) is 37.8 Å². The van der Waals surface area contributed by atoms with Gasteiger partial charge in [-0.2, -0.15) is 0 Å². The third kappa shape index (κ3) is 9.50. The molecule has 0 aliphatic carbocycles. The summed E-state index contributed by atoms with van der Waals surface area (Å²) < 4.78 is 0. The maximum absolute atomic E-state index is 13.0. The van der Waals surface area contributed by atoms with Gasteiger partial charge >= 0.3 is 5.97 Å². The van der Waals surface area contributed by atoms with Crippen LogP contribution in [0.2, 0.25) is 0 Å². The van der Waals surface area contributed by atoms with Crippen molar-refractivity contribution in [3.63, 3.8) is 0 Å². The molecule has 10 N–H and O–H groups in total. The van der Waals surface area contributed by atoms with Gasteiger partial charge in [0.1, 0.15) is 18.1 Å². The van der Waals surface area contributed by atoms with E-state index < -0.39 is 54.5 Å². The topological polar surface area (TPSA) is 221 Å². The summed E-state index contributed by atoms with van der Waals surface area (Å²) in [4.78, 5) is 53.8. The molecule has 1 aromatic rings. The molecule has 36 heavy (non-hydrogen) atoms. The van der Waals surface area contributed by atoms with Crippen molar-refractivity contribution in [2.24, 2.45) is 16.5 Å². The molecular weight excluding hydrogens is 470 g/mol. The van der Waals surface area contributed by atoms with Gasteiger partial charge in [0.25, 0.3) is 0 Å². The number of aliphatic imine (C=N–C) groups is 1. The maximum atomic E-state index is 13.0. The van der Waals surface area contributed by atoms with E-state index >= 15 is 0 Å². The van der Waals surface area contributed by atoms with Crippen LogP contribution >= 0.6 is 0 Å². The lowest BCUT2D eigenvalue weighted by Crippen LogP contribution is -2.58. The number of nitrogens with zero attached hydrogens (tertiary/aromatic N) is 1. The molecule has 1 heterocycles. The molecule has 1 aromatic carbocycles. The maximum Gasteiger partial charge on any atom is 0.326 e. The summed E-state index contributed by atoms with van der Waals surface area (Å²) in [5, 5.41) is 29.8. The molecule has 1 aliphatic rings. The molecule has 4 unspecified atom stereocenters. The van der Waals surface area contributed by atoms with Gasteiger partial charge in [-0.3, -0.25) is 19.4 Å². The minimum Gasteiger partial charge on any atom is -0.480 e. The monoisotopic (exact) mass is 505 g/mol. The fourth-order valence-electron chi connectivity index (χ4n) is 3.74. The number of guanidine groups is 1. The van der Waals surface area contributed by atoms with Crippen LogP contribution in [0.15, 0.2) is 35.3 Å². The number of carboxylic acids is 1. The highest BCUT2D eigenvalue weighted by Gasteiger charge is 2.31. The Kier molecular flexibility index (Phi) is 11.6. The van der Waals surface area contributed by atoms with Crippen molar-refractivity contribution >= 4 is 29.7 Å². The van der Waals surface area contributed by atoms with Crippen molar-refractivity contribution in [3.05, 3.63) is 35.9 Å². The zero-order valence-electron chi connectivity index (χ0n) is 20.0. The van der Waals surface area contributed by atoms with Gasteiger partial charge < -0.3 is 42.9 Å². The van der Waals surface area contributed by atoms with Crippen LogP contribution in [0.25, 0.3) is 0 Å². The molecule has 13 heteroatoms. The van der Waals surface area contributed by atoms with Crippen LogP contribution in [0.1, 0.15) is 31.2 Å². The number of aliphatic hydroxyl groups is 1. The summed E-state index contributed by atoms with van der Waals surface area (Å²) in [6.07, 6.45) is 1.86. The molecule has 0 spiro atoms. The van der Waals surface area contributed by atoms with E-state index in [2.05, 4.69) is 26.3 Å². The fourth-order valence-corrected chi connectivity index (χ4v) is 3.74. The minimum atomic E-state index is -1.28. The van der Waals surface area contributed by atoms with Gasteiger partial charge in [0.2, 0.25) is 17.7 Å². The first kappa shape index (κ1) is 28.5. The van der Waals surface area contributed by atoms with Crippen molar-refractivity contribution in [1.82, 2.24) is 21.3 Å². The van der Waals surface area contributed by atoms with Crippen LogP contribution < -0.4 is 32.7 Å². The first-order valence-corrected chi connectivity index (χ1v) is 11.8. The molecule has 0 aromatic heterocycles. The Labute approximate surface area is 209 Å². The number of carbonyl (C=O) groups excluding carboxylic acids is 3. The van der Waals surface area contributed by atoms with Crippen molar-refractivity contribution < 1.29 is 29.4 Å². The van der Waals surface area contributed by atoms with Gasteiger partial charge in [-0.25, -0.2) is 4.79 Å². The molecule has 0 saturated carbocycles. The predicted octanol–water partition coefficient (Wildman–Crippen LogP) is -2.43. The highest BCUT2D eigenvalue weighted by atomic mass is 16.4. The van der Waals surface area contributed by atoms with Gasteiger partial charge in [-0.1, -0.05) is 30.3 Å². The number of aliphatic hydroxyl groups excluding tert-OH is 1. The van der Waals surface area contributed by atoms with E-state index in [1.54, 1.807) is 30.3 Å². The number of benzene rings is 1. The summed E-state index contributed by atoms with van der Waals surface area (Å²) in [7, 11) is 0. The first-order chi connectivity index (χ1) is 17.2. The van der Waals surface area contributed by atoms with Crippen LogP contribution in [0.3, 0.4) is 0 Å². The molecule has 3 amide bonds. The standard InChI is InChI=1S/C23H35N7O6/c24-23(25)27-11-5-9-16(20(33)29-17(22(35)36)12-14-6-2-1-3-7-14)28-21(34)18(13-31)30-19(32)15-8-4-10-26-15/h1-3,6-7,15-18,26,31H,4-5,8-13H2,(H,28,34)(H,29,33)(H,30,32)(H,35,36)(H4,24,25,27). The second-order valence-electron chi connectivity index (χ2n) is 8.49. The molecule has 0 radical (unpaired) electrons. The van der Waals surface area contributed by atoms with Crippen molar-refractivity contribution in [1.29, 1.82) is 0 Å². The molecule has 2 rings (SSSR count). The van der Waals surface area contributed by atoms with Crippen LogP contribution in [0, 0.1) is 0 Å². The van der Waals surface area contributed by atoms with E-state index in [-0.39, 0.29) is 25.3 Å². The molecule has 1 fully saturated rings.